The maximum absolute atomic E-state index is 13.1. The van der Waals surface area contributed by atoms with Crippen LogP contribution < -0.4 is 10.2 Å². The molecule has 0 bridgehead atoms. The highest BCUT2D eigenvalue weighted by atomic mass is 19.1. The van der Waals surface area contributed by atoms with Crippen molar-refractivity contribution < 1.29 is 9.18 Å². The summed E-state index contributed by atoms with van der Waals surface area (Å²) in [6.07, 6.45) is 6.23. The molecule has 1 amide bonds. The van der Waals surface area contributed by atoms with Crippen LogP contribution in [0.2, 0.25) is 0 Å². The maximum atomic E-state index is 13.1. The van der Waals surface area contributed by atoms with Gasteiger partial charge in [0.15, 0.2) is 0 Å². The average Bonchev–Trinajstić information content (AvgIpc) is 2.80. The van der Waals surface area contributed by atoms with E-state index >= 15 is 0 Å². The third kappa shape index (κ3) is 4.64. The van der Waals surface area contributed by atoms with Crippen LogP contribution >= 0.6 is 0 Å². The van der Waals surface area contributed by atoms with Gasteiger partial charge in [-0.2, -0.15) is 0 Å². The second-order valence-corrected chi connectivity index (χ2v) is 7.60. The van der Waals surface area contributed by atoms with Gasteiger partial charge in [-0.1, -0.05) is 31.2 Å². The fourth-order valence-corrected chi connectivity index (χ4v) is 3.72. The standard InChI is InChI=1S/C24H25FN4O/c1-2-17-5-11-22(12-6-17)28-23(30)19-4-3-13-29(16-19)24-26-14-20(15-27-24)18-7-9-21(25)10-8-18/h5-12,14-15,19H,2-4,13,16H2,1H3,(H,28,30)/t19-/m0/s1. The average molecular weight is 404 g/mol. The van der Waals surface area contributed by atoms with Crippen molar-refractivity contribution in [2.75, 3.05) is 23.3 Å². The van der Waals surface area contributed by atoms with E-state index in [2.05, 4.69) is 27.1 Å². The van der Waals surface area contributed by atoms with Crippen LogP contribution in [-0.2, 0) is 11.2 Å². The van der Waals surface area contributed by atoms with E-state index in [4.69, 9.17) is 0 Å². The number of piperidine rings is 1. The van der Waals surface area contributed by atoms with Gasteiger partial charge in [-0.3, -0.25) is 4.79 Å². The van der Waals surface area contributed by atoms with E-state index in [9.17, 15) is 9.18 Å². The molecule has 0 radical (unpaired) electrons. The number of rotatable bonds is 5. The van der Waals surface area contributed by atoms with Gasteiger partial charge in [0.2, 0.25) is 11.9 Å². The molecule has 1 atom stereocenters. The third-order valence-electron chi connectivity index (χ3n) is 5.52. The minimum absolute atomic E-state index is 0.0341. The van der Waals surface area contributed by atoms with Gasteiger partial charge in [0, 0.05) is 36.7 Å². The zero-order chi connectivity index (χ0) is 20.9. The normalized spacial score (nSPS) is 16.3. The Hall–Kier alpha value is -3.28. The summed E-state index contributed by atoms with van der Waals surface area (Å²) in [7, 11) is 0. The molecule has 0 saturated carbocycles. The molecule has 4 rings (SSSR count). The van der Waals surface area contributed by atoms with E-state index in [0.29, 0.717) is 12.5 Å². The number of benzene rings is 2. The van der Waals surface area contributed by atoms with Crippen molar-refractivity contribution in [2.45, 2.75) is 26.2 Å². The Morgan fingerprint density at radius 1 is 1.07 bits per heavy atom. The molecule has 1 N–H and O–H groups in total. The smallest absolute Gasteiger partial charge is 0.229 e. The van der Waals surface area contributed by atoms with Gasteiger partial charge in [-0.15, -0.1) is 0 Å². The number of hydrogen-bond acceptors (Lipinski definition) is 4. The van der Waals surface area contributed by atoms with E-state index in [-0.39, 0.29) is 17.6 Å². The van der Waals surface area contributed by atoms with Gasteiger partial charge in [-0.05, 0) is 54.7 Å². The van der Waals surface area contributed by atoms with Crippen molar-refractivity contribution in [3.05, 3.63) is 72.3 Å². The highest BCUT2D eigenvalue weighted by Gasteiger charge is 2.27. The van der Waals surface area contributed by atoms with Crippen LogP contribution in [0.5, 0.6) is 0 Å². The molecule has 1 aliphatic rings. The van der Waals surface area contributed by atoms with Crippen molar-refractivity contribution in [1.29, 1.82) is 0 Å². The number of carbonyl (C=O) groups excluding carboxylic acids is 1. The van der Waals surface area contributed by atoms with Gasteiger partial charge in [0.25, 0.3) is 0 Å². The summed E-state index contributed by atoms with van der Waals surface area (Å²) in [5.41, 5.74) is 3.78. The van der Waals surface area contributed by atoms with Crippen LogP contribution in [0.15, 0.2) is 60.9 Å². The minimum atomic E-state index is -0.268. The summed E-state index contributed by atoms with van der Waals surface area (Å²) >= 11 is 0. The van der Waals surface area contributed by atoms with E-state index in [1.165, 1.54) is 17.7 Å². The van der Waals surface area contributed by atoms with Crippen molar-refractivity contribution in [1.82, 2.24) is 9.97 Å². The van der Waals surface area contributed by atoms with E-state index in [1.807, 2.05) is 24.3 Å². The highest BCUT2D eigenvalue weighted by molar-refractivity contribution is 5.93. The number of nitrogens with one attached hydrogen (secondary N) is 1. The molecular formula is C24H25FN4O. The molecule has 1 aromatic heterocycles. The first-order chi connectivity index (χ1) is 14.6. The van der Waals surface area contributed by atoms with Gasteiger partial charge in [0.1, 0.15) is 5.82 Å². The van der Waals surface area contributed by atoms with Crippen LogP contribution in [0, 0.1) is 11.7 Å². The van der Waals surface area contributed by atoms with Crippen LogP contribution in [0.25, 0.3) is 11.1 Å². The monoisotopic (exact) mass is 404 g/mol. The number of amides is 1. The Morgan fingerprint density at radius 3 is 2.43 bits per heavy atom. The number of anilines is 2. The first-order valence-corrected chi connectivity index (χ1v) is 10.3. The lowest BCUT2D eigenvalue weighted by Crippen LogP contribution is -2.41. The summed E-state index contributed by atoms with van der Waals surface area (Å²) in [6.45, 7) is 3.53. The van der Waals surface area contributed by atoms with Gasteiger partial charge in [0.05, 0.1) is 5.92 Å². The van der Waals surface area contributed by atoms with Crippen LogP contribution in [-0.4, -0.2) is 29.0 Å². The molecule has 0 unspecified atom stereocenters. The predicted molar refractivity (Wildman–Crippen MR) is 117 cm³/mol. The number of hydrogen-bond donors (Lipinski definition) is 1. The van der Waals surface area contributed by atoms with Crippen LogP contribution in [0.4, 0.5) is 16.0 Å². The van der Waals surface area contributed by atoms with Gasteiger partial charge in [-0.25, -0.2) is 14.4 Å². The summed E-state index contributed by atoms with van der Waals surface area (Å²) in [4.78, 5) is 23.8. The van der Waals surface area contributed by atoms with E-state index in [0.717, 1.165) is 42.6 Å². The van der Waals surface area contributed by atoms with Crippen molar-refractivity contribution in [3.8, 4) is 11.1 Å². The van der Waals surface area contributed by atoms with Crippen molar-refractivity contribution in [3.63, 3.8) is 0 Å². The molecule has 30 heavy (non-hydrogen) atoms. The lowest BCUT2D eigenvalue weighted by Gasteiger charge is -2.32. The van der Waals surface area contributed by atoms with Gasteiger partial charge < -0.3 is 10.2 Å². The molecule has 2 heterocycles. The summed E-state index contributed by atoms with van der Waals surface area (Å²) in [5, 5.41) is 3.03. The summed E-state index contributed by atoms with van der Waals surface area (Å²) in [5.74, 6) is 0.276. The summed E-state index contributed by atoms with van der Waals surface area (Å²) < 4.78 is 13.1. The molecular weight excluding hydrogens is 379 g/mol. The number of aryl methyl sites for hydroxylation is 1. The van der Waals surface area contributed by atoms with Crippen LogP contribution in [0.1, 0.15) is 25.3 Å². The molecule has 0 spiro atoms. The lowest BCUT2D eigenvalue weighted by atomic mass is 9.97. The molecule has 154 valence electrons. The summed E-state index contributed by atoms with van der Waals surface area (Å²) in [6, 6.07) is 14.3. The fourth-order valence-electron chi connectivity index (χ4n) is 3.72. The second kappa shape index (κ2) is 9.03. The molecule has 2 aromatic carbocycles. The Labute approximate surface area is 176 Å². The van der Waals surface area contributed by atoms with Crippen LogP contribution in [0.3, 0.4) is 0 Å². The Bertz CT molecular complexity index is 987. The van der Waals surface area contributed by atoms with E-state index < -0.39 is 0 Å². The molecule has 1 saturated heterocycles. The minimum Gasteiger partial charge on any atom is -0.340 e. The number of nitrogens with zero attached hydrogens (tertiary/aromatic N) is 3. The Kier molecular flexibility index (Phi) is 6.02. The van der Waals surface area contributed by atoms with Crippen molar-refractivity contribution in [2.24, 2.45) is 5.92 Å². The SMILES string of the molecule is CCc1ccc(NC(=O)[C@H]2CCCN(c3ncc(-c4ccc(F)cc4)cn3)C2)cc1. The molecule has 0 aliphatic carbocycles. The highest BCUT2D eigenvalue weighted by Crippen LogP contribution is 2.24. The largest absolute Gasteiger partial charge is 0.340 e. The molecule has 6 heteroatoms. The lowest BCUT2D eigenvalue weighted by molar-refractivity contribution is -0.120. The quantitative estimate of drug-likeness (QED) is 0.670. The van der Waals surface area contributed by atoms with E-state index in [1.54, 1.807) is 24.5 Å². The molecule has 1 aliphatic heterocycles. The fraction of sp³-hybridized carbons (Fsp3) is 0.292. The van der Waals surface area contributed by atoms with Crippen molar-refractivity contribution >= 4 is 17.5 Å². The maximum Gasteiger partial charge on any atom is 0.229 e. The third-order valence-corrected chi connectivity index (χ3v) is 5.52. The Balaban J connectivity index is 1.40. The van der Waals surface area contributed by atoms with Gasteiger partial charge >= 0.3 is 0 Å². The second-order valence-electron chi connectivity index (χ2n) is 7.60. The molecule has 3 aromatic rings. The molecule has 1 fully saturated rings. The zero-order valence-corrected chi connectivity index (χ0v) is 17.0. The number of carbonyl (C=O) groups is 1. The topological polar surface area (TPSA) is 58.1 Å². The Morgan fingerprint density at radius 2 is 1.77 bits per heavy atom. The number of aromatic nitrogens is 2. The number of halogens is 1. The zero-order valence-electron chi connectivity index (χ0n) is 17.0. The molecule has 5 nitrogen and oxygen atoms in total. The first-order valence-electron chi connectivity index (χ1n) is 10.3. The predicted octanol–water partition coefficient (Wildman–Crippen LogP) is 4.70. The first kappa shape index (κ1) is 20.0.